The van der Waals surface area contributed by atoms with E-state index in [1.165, 1.54) is 18.2 Å². The van der Waals surface area contributed by atoms with E-state index >= 15 is 0 Å². The number of thioether (sulfide) groups is 1. The number of hydrogen-bond donors (Lipinski definition) is 0. The van der Waals surface area contributed by atoms with Crippen molar-refractivity contribution in [2.24, 2.45) is 4.99 Å². The van der Waals surface area contributed by atoms with Gasteiger partial charge in [-0.3, -0.25) is 19.9 Å². The predicted octanol–water partition coefficient (Wildman–Crippen LogP) is 4.66. The molecule has 0 amide bonds. The van der Waals surface area contributed by atoms with Gasteiger partial charge in [0.1, 0.15) is 0 Å². The summed E-state index contributed by atoms with van der Waals surface area (Å²) in [5.41, 5.74) is 2.23. The molecule has 0 spiro atoms. The van der Waals surface area contributed by atoms with Crippen LogP contribution in [0.1, 0.15) is 22.3 Å². The predicted molar refractivity (Wildman–Crippen MR) is 116 cm³/mol. The maximum atomic E-state index is 12.8. The molecule has 0 fully saturated rings. The fourth-order valence-electron chi connectivity index (χ4n) is 2.76. The Kier molecular flexibility index (Phi) is 7.55. The molecule has 2 aromatic rings. The number of anilines is 1. The highest BCUT2D eigenvalue weighted by molar-refractivity contribution is 8.93. The van der Waals surface area contributed by atoms with Crippen molar-refractivity contribution in [3.05, 3.63) is 69.8 Å². The molecule has 27 heavy (non-hydrogen) atoms. The molecule has 6 nitrogen and oxygen atoms in total. The Hall–Kier alpha value is -2.19. The summed E-state index contributed by atoms with van der Waals surface area (Å²) in [5.74, 6) is 0.789. The monoisotopic (exact) mass is 449 g/mol. The lowest BCUT2D eigenvalue weighted by Crippen LogP contribution is -2.36. The first-order valence-electron chi connectivity index (χ1n) is 8.34. The van der Waals surface area contributed by atoms with E-state index < -0.39 is 4.92 Å². The van der Waals surface area contributed by atoms with Crippen LogP contribution in [0.2, 0.25) is 0 Å². The highest BCUT2D eigenvalue weighted by atomic mass is 79.9. The Bertz CT molecular complexity index is 873. The van der Waals surface area contributed by atoms with Gasteiger partial charge in [-0.25, -0.2) is 0 Å². The van der Waals surface area contributed by atoms with Crippen molar-refractivity contribution >= 4 is 51.1 Å². The van der Waals surface area contributed by atoms with Gasteiger partial charge in [0.25, 0.3) is 5.69 Å². The molecule has 8 heteroatoms. The van der Waals surface area contributed by atoms with Crippen molar-refractivity contribution in [3.8, 4) is 0 Å². The number of nitro groups is 1. The van der Waals surface area contributed by atoms with E-state index in [-0.39, 0.29) is 35.0 Å². The third-order valence-electron chi connectivity index (χ3n) is 4.10. The second-order valence-electron chi connectivity index (χ2n) is 5.97. The largest absolute Gasteiger partial charge is 0.313 e. The lowest BCUT2D eigenvalue weighted by atomic mass is 10.1. The third-order valence-corrected chi connectivity index (χ3v) is 5.20. The molecule has 1 aliphatic rings. The van der Waals surface area contributed by atoms with E-state index in [1.54, 1.807) is 17.8 Å². The summed E-state index contributed by atoms with van der Waals surface area (Å²) in [5, 5.41) is 11.8. The van der Waals surface area contributed by atoms with E-state index in [4.69, 9.17) is 0 Å². The lowest BCUT2D eigenvalue weighted by Gasteiger charge is -2.28. The number of para-hydroxylation sites is 1. The number of amidine groups is 1. The normalized spacial score (nSPS) is 13.3. The first-order chi connectivity index (χ1) is 12.6. The Morgan fingerprint density at radius 2 is 2.04 bits per heavy atom. The number of nitrogens with zero attached hydrogens (tertiary/aromatic N) is 3. The summed E-state index contributed by atoms with van der Waals surface area (Å²) in [4.78, 5) is 29.8. The molecule has 0 aromatic heterocycles. The number of aliphatic imine (C=N–C) groups is 1. The van der Waals surface area contributed by atoms with Crippen LogP contribution in [-0.4, -0.2) is 34.7 Å². The minimum absolute atomic E-state index is 0. The van der Waals surface area contributed by atoms with Gasteiger partial charge >= 0.3 is 0 Å². The molecule has 0 radical (unpaired) electrons. The molecular formula is C19H20BrN3O3S. The Morgan fingerprint density at radius 3 is 2.70 bits per heavy atom. The molecule has 0 saturated carbocycles. The highest BCUT2D eigenvalue weighted by Gasteiger charge is 2.22. The van der Waals surface area contributed by atoms with Crippen LogP contribution in [0.5, 0.6) is 0 Å². The average molecular weight is 450 g/mol. The zero-order valence-electron chi connectivity index (χ0n) is 14.8. The number of nitro benzene ring substituents is 1. The number of rotatable bonds is 5. The number of aryl methyl sites for hydroxylation is 1. The summed E-state index contributed by atoms with van der Waals surface area (Å²) < 4.78 is 0. The number of non-ortho nitro benzene ring substituents is 1. The van der Waals surface area contributed by atoms with Crippen LogP contribution < -0.4 is 4.90 Å². The van der Waals surface area contributed by atoms with Gasteiger partial charge < -0.3 is 4.90 Å². The third kappa shape index (κ3) is 5.17. The van der Waals surface area contributed by atoms with E-state index in [1.807, 2.05) is 36.1 Å². The summed E-state index contributed by atoms with van der Waals surface area (Å²) >= 11 is 1.64. The van der Waals surface area contributed by atoms with Gasteiger partial charge in [-0.2, -0.15) is 0 Å². The van der Waals surface area contributed by atoms with Crippen LogP contribution in [0.25, 0.3) is 0 Å². The zero-order chi connectivity index (χ0) is 18.5. The van der Waals surface area contributed by atoms with Gasteiger partial charge in [-0.05, 0) is 25.0 Å². The number of carbonyl (C=O) groups is 1. The summed E-state index contributed by atoms with van der Waals surface area (Å²) in [6, 6.07) is 13.7. The molecule has 2 aromatic carbocycles. The van der Waals surface area contributed by atoms with Gasteiger partial charge in [0, 0.05) is 35.7 Å². The second kappa shape index (κ2) is 9.66. The van der Waals surface area contributed by atoms with Crippen molar-refractivity contribution in [1.82, 2.24) is 0 Å². The molecule has 0 bridgehead atoms. The average Bonchev–Trinajstić information content (AvgIpc) is 2.67. The standard InChI is InChI=1S/C19H19N3O3S.BrH/c1-14-6-2-3-9-17(14)21(19-20-10-5-11-26-19)13-18(23)15-7-4-8-16(12-15)22(24)25;/h2-4,6-9,12H,5,10-11,13H2,1H3;1H. The van der Waals surface area contributed by atoms with Crippen LogP contribution in [-0.2, 0) is 0 Å². The number of Topliss-reactive ketones (excluding diaryl/α,β-unsaturated/α-hetero) is 1. The van der Waals surface area contributed by atoms with E-state index in [2.05, 4.69) is 4.99 Å². The molecule has 142 valence electrons. The van der Waals surface area contributed by atoms with Gasteiger partial charge in [-0.1, -0.05) is 42.1 Å². The van der Waals surface area contributed by atoms with Crippen LogP contribution in [0, 0.1) is 17.0 Å². The lowest BCUT2D eigenvalue weighted by molar-refractivity contribution is -0.384. The molecule has 0 aliphatic carbocycles. The Balaban J connectivity index is 0.00000261. The molecule has 1 aliphatic heterocycles. The quantitative estimate of drug-likeness (QED) is 0.376. The highest BCUT2D eigenvalue weighted by Crippen LogP contribution is 2.26. The number of ketones is 1. The van der Waals surface area contributed by atoms with Gasteiger partial charge in [0.2, 0.25) is 0 Å². The van der Waals surface area contributed by atoms with Crippen LogP contribution in [0.3, 0.4) is 0 Å². The minimum atomic E-state index is -0.489. The molecule has 3 rings (SSSR count). The molecule has 0 atom stereocenters. The van der Waals surface area contributed by atoms with E-state index in [0.717, 1.165) is 35.1 Å². The summed E-state index contributed by atoms with van der Waals surface area (Å²) in [6.45, 7) is 2.84. The van der Waals surface area contributed by atoms with Crippen molar-refractivity contribution in [2.75, 3.05) is 23.7 Å². The summed E-state index contributed by atoms with van der Waals surface area (Å²) in [6.07, 6.45) is 1.02. The number of hydrogen-bond acceptors (Lipinski definition) is 6. The van der Waals surface area contributed by atoms with Crippen molar-refractivity contribution in [2.45, 2.75) is 13.3 Å². The van der Waals surface area contributed by atoms with Crippen LogP contribution in [0.15, 0.2) is 53.5 Å². The van der Waals surface area contributed by atoms with Crippen molar-refractivity contribution < 1.29 is 9.72 Å². The van der Waals surface area contributed by atoms with E-state index in [0.29, 0.717) is 5.56 Å². The topological polar surface area (TPSA) is 75.8 Å². The Morgan fingerprint density at radius 1 is 1.26 bits per heavy atom. The van der Waals surface area contributed by atoms with Crippen molar-refractivity contribution in [3.63, 3.8) is 0 Å². The van der Waals surface area contributed by atoms with Gasteiger partial charge in [-0.15, -0.1) is 17.0 Å². The van der Waals surface area contributed by atoms with Crippen LogP contribution >= 0.6 is 28.7 Å². The van der Waals surface area contributed by atoms with E-state index in [9.17, 15) is 14.9 Å². The zero-order valence-corrected chi connectivity index (χ0v) is 17.4. The molecule has 0 N–H and O–H groups in total. The summed E-state index contributed by atoms with van der Waals surface area (Å²) in [7, 11) is 0. The maximum absolute atomic E-state index is 12.8. The Labute approximate surface area is 172 Å². The second-order valence-corrected chi connectivity index (χ2v) is 7.03. The van der Waals surface area contributed by atoms with Crippen molar-refractivity contribution in [1.29, 1.82) is 0 Å². The smallest absolute Gasteiger partial charge is 0.270 e. The molecule has 0 unspecified atom stereocenters. The van der Waals surface area contributed by atoms with Gasteiger partial charge in [0.05, 0.1) is 11.5 Å². The molecular weight excluding hydrogens is 430 g/mol. The van der Waals surface area contributed by atoms with Crippen LogP contribution in [0.4, 0.5) is 11.4 Å². The molecule has 1 heterocycles. The first-order valence-corrected chi connectivity index (χ1v) is 9.33. The maximum Gasteiger partial charge on any atom is 0.270 e. The SMILES string of the molecule is Br.Cc1ccccc1N(CC(=O)c1cccc([N+](=O)[O-])c1)C1=NCCCS1. The minimum Gasteiger partial charge on any atom is -0.313 e. The first kappa shape index (κ1) is 21.1. The fourth-order valence-corrected chi connectivity index (χ4v) is 3.72. The van der Waals surface area contributed by atoms with Gasteiger partial charge in [0.15, 0.2) is 11.0 Å². The number of benzene rings is 2. The fraction of sp³-hybridized carbons (Fsp3) is 0.263. The number of carbonyl (C=O) groups excluding carboxylic acids is 1. The number of halogens is 1. The molecule has 0 saturated heterocycles.